The second kappa shape index (κ2) is 7.72. The Kier molecular flexibility index (Phi) is 5.14. The van der Waals surface area contributed by atoms with Gasteiger partial charge in [-0.25, -0.2) is 4.79 Å². The van der Waals surface area contributed by atoms with Gasteiger partial charge < -0.3 is 9.47 Å². The van der Waals surface area contributed by atoms with Gasteiger partial charge in [-0.05, 0) is 45.9 Å². The fourth-order valence-corrected chi connectivity index (χ4v) is 3.96. The summed E-state index contributed by atoms with van der Waals surface area (Å²) < 4.78 is 10.9. The first kappa shape index (κ1) is 18.6. The van der Waals surface area contributed by atoms with Crippen LogP contribution in [0.2, 0.25) is 0 Å². The van der Waals surface area contributed by atoms with Crippen molar-refractivity contribution in [3.8, 4) is 16.9 Å². The molecule has 3 aromatic carbocycles. The third kappa shape index (κ3) is 3.52. The topological polar surface area (TPSA) is 35.5 Å². The van der Waals surface area contributed by atoms with Crippen LogP contribution in [0, 0.1) is 0 Å². The van der Waals surface area contributed by atoms with Crippen LogP contribution in [-0.2, 0) is 4.74 Å². The van der Waals surface area contributed by atoms with E-state index < -0.39 is 6.16 Å². The van der Waals surface area contributed by atoms with E-state index in [1.165, 1.54) is 22.3 Å². The lowest BCUT2D eigenvalue weighted by molar-refractivity contribution is 0.0956. The summed E-state index contributed by atoms with van der Waals surface area (Å²) in [5.41, 5.74) is 5.88. The van der Waals surface area contributed by atoms with Crippen molar-refractivity contribution in [1.29, 1.82) is 0 Å². The average Bonchev–Trinajstić information content (AvgIpc) is 3.02. The Bertz CT molecular complexity index is 980. The zero-order chi connectivity index (χ0) is 19.7. The molecule has 4 heteroatoms. The number of thiol groups is 1. The van der Waals surface area contributed by atoms with Crippen LogP contribution in [0.15, 0.2) is 71.6 Å². The summed E-state index contributed by atoms with van der Waals surface area (Å²) in [6.45, 7) is 4.45. The molecular formula is C24H22O3S. The van der Waals surface area contributed by atoms with Gasteiger partial charge in [-0.1, -0.05) is 68.4 Å². The Hall–Kier alpha value is -2.72. The molecule has 0 N–H and O–H groups in total. The molecule has 0 saturated carbocycles. The van der Waals surface area contributed by atoms with Crippen LogP contribution in [0.5, 0.6) is 5.75 Å². The van der Waals surface area contributed by atoms with Crippen LogP contribution in [0.1, 0.15) is 42.4 Å². The summed E-state index contributed by atoms with van der Waals surface area (Å²) >= 11 is 4.43. The molecule has 3 nitrogen and oxygen atoms in total. The Morgan fingerprint density at radius 2 is 1.57 bits per heavy atom. The minimum atomic E-state index is -0.713. The van der Waals surface area contributed by atoms with E-state index in [2.05, 4.69) is 50.7 Å². The van der Waals surface area contributed by atoms with Crippen molar-refractivity contribution < 1.29 is 14.3 Å². The number of hydrogen-bond donors (Lipinski definition) is 1. The molecular weight excluding hydrogens is 368 g/mol. The van der Waals surface area contributed by atoms with Crippen molar-refractivity contribution in [3.05, 3.63) is 83.4 Å². The number of carbonyl (C=O) groups excluding carboxylic acids is 1. The van der Waals surface area contributed by atoms with Gasteiger partial charge in [-0.15, -0.1) is 12.6 Å². The maximum atomic E-state index is 12.3. The largest absolute Gasteiger partial charge is 0.513 e. The fraction of sp³-hybridized carbons (Fsp3) is 0.208. The maximum Gasteiger partial charge on any atom is 0.513 e. The van der Waals surface area contributed by atoms with Gasteiger partial charge in [0.15, 0.2) is 0 Å². The molecule has 142 valence electrons. The number of rotatable bonds is 4. The minimum absolute atomic E-state index is 0.0127. The van der Waals surface area contributed by atoms with E-state index in [1.54, 1.807) is 6.07 Å². The summed E-state index contributed by atoms with van der Waals surface area (Å²) in [7, 11) is 0. The van der Waals surface area contributed by atoms with Gasteiger partial charge in [-0.3, -0.25) is 0 Å². The quantitative estimate of drug-likeness (QED) is 0.317. The third-order valence-electron chi connectivity index (χ3n) is 5.17. The molecule has 3 aromatic rings. The molecule has 0 bridgehead atoms. The van der Waals surface area contributed by atoms with E-state index in [9.17, 15) is 4.79 Å². The fourth-order valence-electron chi connectivity index (χ4n) is 3.69. The molecule has 0 spiro atoms. The number of ether oxygens (including phenoxy) is 2. The van der Waals surface area contributed by atoms with Gasteiger partial charge in [0.05, 0.1) is 0 Å². The molecule has 1 aliphatic rings. The molecule has 4 rings (SSSR count). The summed E-state index contributed by atoms with van der Waals surface area (Å²) in [6.07, 6.45) is -0.713. The molecule has 0 heterocycles. The Balaban J connectivity index is 1.47. The van der Waals surface area contributed by atoms with Crippen LogP contribution in [0.4, 0.5) is 4.79 Å². The lowest BCUT2D eigenvalue weighted by Crippen LogP contribution is -2.16. The first-order chi connectivity index (χ1) is 13.5. The molecule has 0 aliphatic heterocycles. The van der Waals surface area contributed by atoms with Gasteiger partial charge in [0, 0.05) is 10.8 Å². The van der Waals surface area contributed by atoms with Crippen molar-refractivity contribution in [2.24, 2.45) is 0 Å². The molecule has 0 fully saturated rings. The van der Waals surface area contributed by atoms with Crippen LogP contribution in [0.3, 0.4) is 0 Å². The lowest BCUT2D eigenvalue weighted by atomic mass is 9.98. The molecule has 28 heavy (non-hydrogen) atoms. The Labute approximate surface area is 170 Å². The SMILES string of the molecule is CC(C)c1ccc(OC(=O)OCC2c3ccccc3-c3ccccc32)c(S)c1. The molecule has 0 atom stereocenters. The van der Waals surface area contributed by atoms with Gasteiger partial charge in [0.25, 0.3) is 0 Å². The van der Waals surface area contributed by atoms with E-state index >= 15 is 0 Å². The Morgan fingerprint density at radius 3 is 2.14 bits per heavy atom. The molecule has 1 aliphatic carbocycles. The van der Waals surface area contributed by atoms with E-state index in [0.29, 0.717) is 16.6 Å². The zero-order valence-electron chi connectivity index (χ0n) is 15.9. The van der Waals surface area contributed by atoms with Gasteiger partial charge in [0.1, 0.15) is 12.4 Å². The molecule has 0 saturated heterocycles. The summed E-state index contributed by atoms with van der Waals surface area (Å²) in [6, 6.07) is 22.1. The number of hydrogen-bond acceptors (Lipinski definition) is 4. The van der Waals surface area contributed by atoms with Crippen LogP contribution < -0.4 is 4.74 Å². The second-order valence-corrected chi connectivity index (χ2v) is 7.75. The standard InChI is InChI=1S/C24H22O3S/c1-15(2)16-11-12-22(23(28)13-16)27-24(25)26-14-21-19-9-5-3-7-17(19)18-8-4-6-10-20(18)21/h3-13,15,21,28H,14H2,1-2H3. The Morgan fingerprint density at radius 1 is 0.964 bits per heavy atom. The van der Waals surface area contributed by atoms with Crippen LogP contribution in [-0.4, -0.2) is 12.8 Å². The highest BCUT2D eigenvalue weighted by Crippen LogP contribution is 2.44. The summed E-state index contributed by atoms with van der Waals surface area (Å²) in [5, 5.41) is 0. The first-order valence-electron chi connectivity index (χ1n) is 9.40. The van der Waals surface area contributed by atoms with Gasteiger partial charge >= 0.3 is 6.16 Å². The van der Waals surface area contributed by atoms with Crippen molar-refractivity contribution >= 4 is 18.8 Å². The molecule has 0 unspecified atom stereocenters. The van der Waals surface area contributed by atoms with E-state index in [-0.39, 0.29) is 12.5 Å². The van der Waals surface area contributed by atoms with Crippen molar-refractivity contribution in [1.82, 2.24) is 0 Å². The van der Waals surface area contributed by atoms with E-state index in [1.807, 2.05) is 36.4 Å². The van der Waals surface area contributed by atoms with Gasteiger partial charge in [0.2, 0.25) is 0 Å². The molecule has 0 radical (unpaired) electrons. The zero-order valence-corrected chi connectivity index (χ0v) is 16.8. The number of fused-ring (bicyclic) bond motifs is 3. The maximum absolute atomic E-state index is 12.3. The predicted molar refractivity (Wildman–Crippen MR) is 113 cm³/mol. The van der Waals surface area contributed by atoms with E-state index in [0.717, 1.165) is 5.56 Å². The second-order valence-electron chi connectivity index (χ2n) is 7.27. The first-order valence-corrected chi connectivity index (χ1v) is 9.85. The van der Waals surface area contributed by atoms with Crippen molar-refractivity contribution in [2.75, 3.05) is 6.61 Å². The van der Waals surface area contributed by atoms with Crippen molar-refractivity contribution in [3.63, 3.8) is 0 Å². The van der Waals surface area contributed by atoms with Gasteiger partial charge in [-0.2, -0.15) is 0 Å². The smallest absolute Gasteiger partial charge is 0.433 e. The highest BCUT2D eigenvalue weighted by atomic mass is 32.1. The van der Waals surface area contributed by atoms with Crippen molar-refractivity contribution in [2.45, 2.75) is 30.6 Å². The van der Waals surface area contributed by atoms with E-state index in [4.69, 9.17) is 9.47 Å². The third-order valence-corrected chi connectivity index (χ3v) is 5.52. The highest BCUT2D eigenvalue weighted by Gasteiger charge is 2.29. The monoisotopic (exact) mass is 390 g/mol. The lowest BCUT2D eigenvalue weighted by Gasteiger charge is -2.15. The molecule has 0 aromatic heterocycles. The average molecular weight is 391 g/mol. The minimum Gasteiger partial charge on any atom is -0.433 e. The summed E-state index contributed by atoms with van der Waals surface area (Å²) in [4.78, 5) is 12.9. The predicted octanol–water partition coefficient (Wildman–Crippen LogP) is 6.43. The normalized spacial score (nSPS) is 12.6. The number of benzene rings is 3. The highest BCUT2D eigenvalue weighted by molar-refractivity contribution is 7.80. The van der Waals surface area contributed by atoms with Crippen LogP contribution in [0.25, 0.3) is 11.1 Å². The summed E-state index contributed by atoms with van der Waals surface area (Å²) in [5.74, 6) is 0.804. The van der Waals surface area contributed by atoms with Crippen LogP contribution >= 0.6 is 12.6 Å². The number of carbonyl (C=O) groups is 1. The molecule has 0 amide bonds.